The molecular weight excluding hydrogens is 214 g/mol. The molecular formula is C10H13NO5. The van der Waals surface area contributed by atoms with E-state index >= 15 is 0 Å². The van der Waals surface area contributed by atoms with Crippen molar-refractivity contribution in [1.29, 1.82) is 0 Å². The first kappa shape index (κ1) is 12.4. The Kier molecular flexibility index (Phi) is 4.21. The van der Waals surface area contributed by atoms with Crippen LogP contribution < -0.4 is 4.74 Å². The summed E-state index contributed by atoms with van der Waals surface area (Å²) in [5, 5.41) is 28.7. The topological polar surface area (TPSA) is 92.8 Å². The Bertz CT molecular complexity index is 379. The minimum absolute atomic E-state index is 0.0385. The zero-order valence-electron chi connectivity index (χ0n) is 8.79. The van der Waals surface area contributed by atoms with E-state index in [0.717, 1.165) is 0 Å². The molecule has 0 aliphatic carbocycles. The first-order valence-corrected chi connectivity index (χ1v) is 4.68. The summed E-state index contributed by atoms with van der Waals surface area (Å²) in [7, 11) is 1.42. The predicted octanol–water partition coefficient (Wildman–Crippen LogP) is 0.499. The number of benzene rings is 1. The molecule has 0 unspecified atom stereocenters. The maximum absolute atomic E-state index is 10.8. The number of methoxy groups -OCH3 is 1. The fourth-order valence-electron chi connectivity index (χ4n) is 1.33. The Morgan fingerprint density at radius 1 is 1.56 bits per heavy atom. The standard InChI is InChI=1S/C10H13NO5/c1-16-9-3-2-7(4-8(13)6-12)10(5-9)11(14)15/h2-3,5,8,12-13H,4,6H2,1H3/t8-/m0/s1. The van der Waals surface area contributed by atoms with Gasteiger partial charge in [-0.25, -0.2) is 0 Å². The van der Waals surface area contributed by atoms with Crippen molar-refractivity contribution >= 4 is 5.69 Å². The van der Waals surface area contributed by atoms with Crippen molar-refractivity contribution in [3.05, 3.63) is 33.9 Å². The van der Waals surface area contributed by atoms with Crippen LogP contribution in [0.5, 0.6) is 5.75 Å². The van der Waals surface area contributed by atoms with E-state index in [1.54, 1.807) is 6.07 Å². The quantitative estimate of drug-likeness (QED) is 0.564. The SMILES string of the molecule is COc1ccc(C[C@H](O)CO)c([N+](=O)[O-])c1. The second kappa shape index (κ2) is 5.43. The van der Waals surface area contributed by atoms with E-state index in [1.165, 1.54) is 19.2 Å². The zero-order chi connectivity index (χ0) is 12.1. The van der Waals surface area contributed by atoms with E-state index < -0.39 is 17.6 Å². The molecule has 2 N–H and O–H groups in total. The highest BCUT2D eigenvalue weighted by atomic mass is 16.6. The Labute approximate surface area is 92.2 Å². The van der Waals surface area contributed by atoms with Crippen LogP contribution in [0, 0.1) is 10.1 Å². The lowest BCUT2D eigenvalue weighted by molar-refractivity contribution is -0.385. The molecule has 0 bridgehead atoms. The monoisotopic (exact) mass is 227 g/mol. The van der Waals surface area contributed by atoms with Crippen LogP contribution in [-0.4, -0.2) is 35.0 Å². The summed E-state index contributed by atoms with van der Waals surface area (Å²) >= 11 is 0. The van der Waals surface area contributed by atoms with Crippen molar-refractivity contribution in [3.63, 3.8) is 0 Å². The van der Waals surface area contributed by atoms with Gasteiger partial charge in [0.15, 0.2) is 0 Å². The summed E-state index contributed by atoms with van der Waals surface area (Å²) in [6.07, 6.45) is -0.955. The summed E-state index contributed by atoms with van der Waals surface area (Å²) in [6, 6.07) is 4.38. The molecule has 0 aliphatic heterocycles. The molecule has 0 heterocycles. The van der Waals surface area contributed by atoms with Gasteiger partial charge in [0.1, 0.15) is 5.75 Å². The number of nitro benzene ring substituents is 1. The van der Waals surface area contributed by atoms with E-state index in [1.807, 2.05) is 0 Å². The molecule has 1 aromatic rings. The van der Waals surface area contributed by atoms with Crippen LogP contribution in [-0.2, 0) is 6.42 Å². The van der Waals surface area contributed by atoms with Crippen LogP contribution in [0.1, 0.15) is 5.56 Å². The van der Waals surface area contributed by atoms with Gasteiger partial charge in [-0.2, -0.15) is 0 Å². The molecule has 0 saturated carbocycles. The van der Waals surface area contributed by atoms with Gasteiger partial charge in [-0.05, 0) is 12.1 Å². The molecule has 0 amide bonds. The predicted molar refractivity (Wildman–Crippen MR) is 56.4 cm³/mol. The number of nitro groups is 1. The number of ether oxygens (including phenoxy) is 1. The van der Waals surface area contributed by atoms with Crippen LogP contribution in [0.25, 0.3) is 0 Å². The Morgan fingerprint density at radius 3 is 2.75 bits per heavy atom. The van der Waals surface area contributed by atoms with Crippen molar-refractivity contribution in [3.8, 4) is 5.75 Å². The minimum atomic E-state index is -0.993. The molecule has 1 atom stereocenters. The number of rotatable bonds is 5. The van der Waals surface area contributed by atoms with Gasteiger partial charge in [0.05, 0.1) is 30.8 Å². The van der Waals surface area contributed by atoms with Crippen LogP contribution in [0.4, 0.5) is 5.69 Å². The lowest BCUT2D eigenvalue weighted by atomic mass is 10.1. The molecule has 0 saturated heterocycles. The summed E-state index contributed by atoms with van der Waals surface area (Å²) in [5.41, 5.74) is 0.249. The molecule has 0 fully saturated rings. The van der Waals surface area contributed by atoms with Gasteiger partial charge in [0.2, 0.25) is 0 Å². The smallest absolute Gasteiger partial charge is 0.276 e. The fourth-order valence-corrected chi connectivity index (χ4v) is 1.33. The number of hydrogen-bond donors (Lipinski definition) is 2. The van der Waals surface area contributed by atoms with E-state index in [9.17, 15) is 15.2 Å². The second-order valence-corrected chi connectivity index (χ2v) is 3.29. The van der Waals surface area contributed by atoms with E-state index in [-0.39, 0.29) is 12.1 Å². The van der Waals surface area contributed by atoms with Crippen LogP contribution >= 0.6 is 0 Å². The van der Waals surface area contributed by atoms with Crippen molar-refractivity contribution in [2.75, 3.05) is 13.7 Å². The maximum Gasteiger partial charge on any atom is 0.276 e. The van der Waals surface area contributed by atoms with E-state index in [0.29, 0.717) is 11.3 Å². The lowest BCUT2D eigenvalue weighted by Crippen LogP contribution is -2.16. The zero-order valence-corrected chi connectivity index (χ0v) is 8.79. The molecule has 1 aromatic carbocycles. The molecule has 0 radical (unpaired) electrons. The average molecular weight is 227 g/mol. The molecule has 1 rings (SSSR count). The van der Waals surface area contributed by atoms with Crippen molar-refractivity contribution in [1.82, 2.24) is 0 Å². The molecule has 0 spiro atoms. The average Bonchev–Trinajstić information content (AvgIpc) is 2.29. The van der Waals surface area contributed by atoms with Gasteiger partial charge in [-0.3, -0.25) is 10.1 Å². The first-order valence-electron chi connectivity index (χ1n) is 4.68. The summed E-state index contributed by atoms with van der Waals surface area (Å²) in [4.78, 5) is 10.2. The van der Waals surface area contributed by atoms with E-state index in [4.69, 9.17) is 9.84 Å². The van der Waals surface area contributed by atoms with Gasteiger partial charge in [-0.15, -0.1) is 0 Å². The first-order chi connectivity index (χ1) is 7.58. The van der Waals surface area contributed by atoms with Gasteiger partial charge < -0.3 is 14.9 Å². The van der Waals surface area contributed by atoms with Gasteiger partial charge in [0, 0.05) is 12.0 Å². The Hall–Kier alpha value is -1.66. The van der Waals surface area contributed by atoms with Crippen molar-refractivity contribution in [2.45, 2.75) is 12.5 Å². The molecule has 16 heavy (non-hydrogen) atoms. The highest BCUT2D eigenvalue weighted by Crippen LogP contribution is 2.25. The maximum atomic E-state index is 10.8. The van der Waals surface area contributed by atoms with E-state index in [2.05, 4.69) is 0 Å². The largest absolute Gasteiger partial charge is 0.497 e. The summed E-state index contributed by atoms with van der Waals surface area (Å²) in [5.74, 6) is 0.383. The van der Waals surface area contributed by atoms with Gasteiger partial charge in [-0.1, -0.05) is 0 Å². The highest BCUT2D eigenvalue weighted by Gasteiger charge is 2.17. The van der Waals surface area contributed by atoms with Gasteiger partial charge in [0.25, 0.3) is 5.69 Å². The van der Waals surface area contributed by atoms with Crippen molar-refractivity contribution in [2.24, 2.45) is 0 Å². The Balaban J connectivity index is 3.03. The number of hydrogen-bond acceptors (Lipinski definition) is 5. The lowest BCUT2D eigenvalue weighted by Gasteiger charge is -2.08. The van der Waals surface area contributed by atoms with Crippen LogP contribution in [0.15, 0.2) is 18.2 Å². The Morgan fingerprint density at radius 2 is 2.25 bits per heavy atom. The van der Waals surface area contributed by atoms with Crippen LogP contribution in [0.3, 0.4) is 0 Å². The normalized spacial score (nSPS) is 12.2. The third-order valence-electron chi connectivity index (χ3n) is 2.16. The highest BCUT2D eigenvalue weighted by molar-refractivity contribution is 5.46. The number of nitrogens with zero attached hydrogens (tertiary/aromatic N) is 1. The minimum Gasteiger partial charge on any atom is -0.497 e. The van der Waals surface area contributed by atoms with Crippen LogP contribution in [0.2, 0.25) is 0 Å². The molecule has 6 nitrogen and oxygen atoms in total. The van der Waals surface area contributed by atoms with Gasteiger partial charge >= 0.3 is 0 Å². The third-order valence-corrected chi connectivity index (χ3v) is 2.16. The number of aliphatic hydroxyl groups is 2. The second-order valence-electron chi connectivity index (χ2n) is 3.29. The molecule has 88 valence electrons. The third kappa shape index (κ3) is 2.91. The summed E-state index contributed by atoms with van der Waals surface area (Å²) in [6.45, 7) is -0.427. The molecule has 6 heteroatoms. The fraction of sp³-hybridized carbons (Fsp3) is 0.400. The molecule has 0 aliphatic rings. The summed E-state index contributed by atoms with van der Waals surface area (Å²) < 4.78 is 4.87. The number of aliphatic hydroxyl groups excluding tert-OH is 2. The van der Waals surface area contributed by atoms with Crippen molar-refractivity contribution < 1.29 is 19.9 Å². The molecule has 0 aromatic heterocycles.